The lowest BCUT2D eigenvalue weighted by Crippen LogP contribution is -1.94. The summed E-state index contributed by atoms with van der Waals surface area (Å²) in [7, 11) is 0. The number of aryl methyl sites for hydroxylation is 2. The van der Waals surface area contributed by atoms with E-state index in [0.717, 1.165) is 23.8 Å². The van der Waals surface area contributed by atoms with Crippen LogP contribution in [0.15, 0.2) is 24.3 Å². The molecule has 0 fully saturated rings. The summed E-state index contributed by atoms with van der Waals surface area (Å²) in [4.78, 5) is 11.1. The van der Waals surface area contributed by atoms with Crippen molar-refractivity contribution in [2.75, 3.05) is 0 Å². The number of benzene rings is 2. The van der Waals surface area contributed by atoms with E-state index in [4.69, 9.17) is 0 Å². The number of aldehydes is 1. The highest BCUT2D eigenvalue weighted by molar-refractivity contribution is 6.00. The first kappa shape index (κ1) is 10.8. The van der Waals surface area contributed by atoms with Crippen molar-refractivity contribution in [3.8, 4) is 0 Å². The fourth-order valence-electron chi connectivity index (χ4n) is 2.04. The molecule has 0 aromatic heterocycles. The maximum absolute atomic E-state index is 13.7. The van der Waals surface area contributed by atoms with E-state index in [-0.39, 0.29) is 5.82 Å². The van der Waals surface area contributed by atoms with Crippen LogP contribution in [-0.2, 0) is 6.42 Å². The van der Waals surface area contributed by atoms with E-state index in [1.54, 1.807) is 6.07 Å². The van der Waals surface area contributed by atoms with Gasteiger partial charge in [0.05, 0.1) is 0 Å². The molecule has 1 nitrogen and oxygen atoms in total. The monoisotopic (exact) mass is 216 g/mol. The molecule has 0 spiro atoms. The largest absolute Gasteiger partial charge is 0.298 e. The number of hydrogen-bond donors (Lipinski definition) is 0. The van der Waals surface area contributed by atoms with Gasteiger partial charge in [-0.25, -0.2) is 4.39 Å². The smallest absolute Gasteiger partial charge is 0.150 e. The van der Waals surface area contributed by atoms with Crippen LogP contribution in [0.3, 0.4) is 0 Å². The Morgan fingerprint density at radius 2 is 2.00 bits per heavy atom. The highest BCUT2D eigenvalue weighted by atomic mass is 19.1. The van der Waals surface area contributed by atoms with Crippen molar-refractivity contribution < 1.29 is 9.18 Å². The molecular weight excluding hydrogens is 203 g/mol. The first-order valence-corrected chi connectivity index (χ1v) is 5.34. The van der Waals surface area contributed by atoms with E-state index in [1.807, 2.05) is 26.0 Å². The molecule has 0 aliphatic heterocycles. The molecule has 0 radical (unpaired) electrons. The summed E-state index contributed by atoms with van der Waals surface area (Å²) in [5, 5.41) is 1.23. The minimum absolute atomic E-state index is 0.263. The molecule has 82 valence electrons. The van der Waals surface area contributed by atoms with Gasteiger partial charge in [0.15, 0.2) is 6.29 Å². The highest BCUT2D eigenvalue weighted by Gasteiger charge is 2.09. The van der Waals surface area contributed by atoms with Crippen molar-refractivity contribution in [1.82, 2.24) is 0 Å². The predicted molar refractivity (Wildman–Crippen MR) is 63.4 cm³/mol. The Hall–Kier alpha value is -1.70. The Kier molecular flexibility index (Phi) is 2.73. The van der Waals surface area contributed by atoms with E-state index in [1.165, 1.54) is 6.07 Å². The third kappa shape index (κ3) is 1.60. The zero-order valence-corrected chi connectivity index (χ0v) is 9.38. The van der Waals surface area contributed by atoms with Crippen LogP contribution in [-0.4, -0.2) is 6.29 Å². The van der Waals surface area contributed by atoms with Crippen molar-refractivity contribution in [2.45, 2.75) is 20.3 Å². The molecule has 0 aliphatic carbocycles. The first-order chi connectivity index (χ1) is 7.67. The van der Waals surface area contributed by atoms with E-state index >= 15 is 0 Å². The molecule has 2 rings (SSSR count). The Bertz CT molecular complexity index is 558. The lowest BCUT2D eigenvalue weighted by Gasteiger charge is -2.08. The van der Waals surface area contributed by atoms with E-state index < -0.39 is 0 Å². The highest BCUT2D eigenvalue weighted by Crippen LogP contribution is 2.25. The van der Waals surface area contributed by atoms with Gasteiger partial charge in [-0.05, 0) is 35.9 Å². The van der Waals surface area contributed by atoms with Crippen molar-refractivity contribution in [3.05, 3.63) is 46.8 Å². The lowest BCUT2D eigenvalue weighted by molar-refractivity contribution is 0.112. The van der Waals surface area contributed by atoms with Crippen LogP contribution in [0.4, 0.5) is 4.39 Å². The molecule has 2 heteroatoms. The predicted octanol–water partition coefficient (Wildman–Crippen LogP) is 3.66. The van der Waals surface area contributed by atoms with Crippen molar-refractivity contribution >= 4 is 17.1 Å². The van der Waals surface area contributed by atoms with Gasteiger partial charge in [-0.15, -0.1) is 0 Å². The molecule has 0 amide bonds. The molecule has 0 atom stereocenters. The van der Waals surface area contributed by atoms with Crippen molar-refractivity contribution in [1.29, 1.82) is 0 Å². The summed E-state index contributed by atoms with van der Waals surface area (Å²) in [6.45, 7) is 3.82. The van der Waals surface area contributed by atoms with E-state index in [0.29, 0.717) is 16.3 Å². The zero-order chi connectivity index (χ0) is 11.7. The number of carbonyl (C=O) groups is 1. The van der Waals surface area contributed by atoms with Crippen LogP contribution in [0.25, 0.3) is 10.8 Å². The van der Waals surface area contributed by atoms with Crippen LogP contribution < -0.4 is 0 Å². The molecule has 0 heterocycles. The molecule has 2 aromatic rings. The Morgan fingerprint density at radius 1 is 1.25 bits per heavy atom. The molecule has 0 saturated carbocycles. The van der Waals surface area contributed by atoms with Crippen LogP contribution in [0, 0.1) is 12.7 Å². The zero-order valence-electron chi connectivity index (χ0n) is 9.38. The average Bonchev–Trinajstić information content (AvgIpc) is 2.27. The second-order valence-corrected chi connectivity index (χ2v) is 3.95. The van der Waals surface area contributed by atoms with Crippen LogP contribution in [0.2, 0.25) is 0 Å². The van der Waals surface area contributed by atoms with Gasteiger partial charge in [0.25, 0.3) is 0 Å². The van der Waals surface area contributed by atoms with Gasteiger partial charge in [-0.2, -0.15) is 0 Å². The number of hydrogen-bond acceptors (Lipinski definition) is 1. The van der Waals surface area contributed by atoms with Gasteiger partial charge in [0.2, 0.25) is 0 Å². The Labute approximate surface area is 93.9 Å². The van der Waals surface area contributed by atoms with Crippen LogP contribution in [0.5, 0.6) is 0 Å². The van der Waals surface area contributed by atoms with Gasteiger partial charge in [-0.1, -0.05) is 25.1 Å². The lowest BCUT2D eigenvalue weighted by atomic mass is 9.96. The minimum Gasteiger partial charge on any atom is -0.298 e. The van der Waals surface area contributed by atoms with Gasteiger partial charge in [-0.3, -0.25) is 4.79 Å². The molecule has 0 unspecified atom stereocenters. The molecule has 2 aromatic carbocycles. The summed E-state index contributed by atoms with van der Waals surface area (Å²) in [6, 6.07) is 6.92. The maximum Gasteiger partial charge on any atom is 0.150 e. The van der Waals surface area contributed by atoms with Gasteiger partial charge in [0, 0.05) is 10.9 Å². The summed E-state index contributed by atoms with van der Waals surface area (Å²) in [5.41, 5.74) is 2.41. The molecule has 0 bridgehead atoms. The van der Waals surface area contributed by atoms with Crippen molar-refractivity contribution in [2.24, 2.45) is 0 Å². The number of rotatable bonds is 2. The fourth-order valence-corrected chi connectivity index (χ4v) is 2.04. The molecule has 0 saturated heterocycles. The van der Waals surface area contributed by atoms with Gasteiger partial charge < -0.3 is 0 Å². The SMILES string of the molecule is CCc1ccc2c(F)cc(C)cc2c1C=O. The molecule has 0 aliphatic rings. The van der Waals surface area contributed by atoms with Gasteiger partial charge in [0.1, 0.15) is 5.82 Å². The topological polar surface area (TPSA) is 17.1 Å². The number of fused-ring (bicyclic) bond motifs is 1. The first-order valence-electron chi connectivity index (χ1n) is 5.34. The minimum atomic E-state index is -0.263. The third-order valence-corrected chi connectivity index (χ3v) is 2.86. The van der Waals surface area contributed by atoms with Crippen LogP contribution in [0.1, 0.15) is 28.4 Å². The van der Waals surface area contributed by atoms with Crippen molar-refractivity contribution in [3.63, 3.8) is 0 Å². The quantitative estimate of drug-likeness (QED) is 0.700. The Morgan fingerprint density at radius 3 is 2.62 bits per heavy atom. The molecule has 16 heavy (non-hydrogen) atoms. The standard InChI is InChI=1S/C14H13FO/c1-3-10-4-5-11-12(13(10)8-16)6-9(2)7-14(11)15/h4-8H,3H2,1-2H3. The number of halogens is 1. The number of carbonyl (C=O) groups excluding carboxylic acids is 1. The molecule has 0 N–H and O–H groups in total. The summed E-state index contributed by atoms with van der Waals surface area (Å²) >= 11 is 0. The van der Waals surface area contributed by atoms with Gasteiger partial charge >= 0.3 is 0 Å². The third-order valence-electron chi connectivity index (χ3n) is 2.86. The molecular formula is C14H13FO. The maximum atomic E-state index is 13.7. The fraction of sp³-hybridized carbons (Fsp3) is 0.214. The average molecular weight is 216 g/mol. The van der Waals surface area contributed by atoms with E-state index in [2.05, 4.69) is 0 Å². The Balaban J connectivity index is 2.91. The van der Waals surface area contributed by atoms with E-state index in [9.17, 15) is 9.18 Å². The second-order valence-electron chi connectivity index (χ2n) is 3.95. The normalized spacial score (nSPS) is 10.7. The second kappa shape index (κ2) is 4.05. The summed E-state index contributed by atoms with van der Waals surface area (Å²) in [6.07, 6.45) is 1.60. The summed E-state index contributed by atoms with van der Waals surface area (Å²) in [5.74, 6) is -0.263. The summed E-state index contributed by atoms with van der Waals surface area (Å²) < 4.78 is 13.7. The van der Waals surface area contributed by atoms with Crippen LogP contribution >= 0.6 is 0 Å².